The van der Waals surface area contributed by atoms with Gasteiger partial charge in [-0.1, -0.05) is 30.3 Å². The van der Waals surface area contributed by atoms with Gasteiger partial charge >= 0.3 is 23.9 Å². The number of nitrogens with zero attached hydrogens (tertiary/aromatic N) is 3. The van der Waals surface area contributed by atoms with Gasteiger partial charge in [0.05, 0.1) is 26.5 Å². The molecule has 3 aromatic rings. The van der Waals surface area contributed by atoms with Crippen molar-refractivity contribution in [3.05, 3.63) is 65.9 Å². The Bertz CT molecular complexity index is 1240. The highest BCUT2D eigenvalue weighted by molar-refractivity contribution is 6.27. The molecule has 0 amide bonds. The Morgan fingerprint density at radius 3 is 1.90 bits per heavy atom. The molecule has 2 aromatic carbocycles. The second-order valence-corrected chi connectivity index (χ2v) is 8.46. The topological polar surface area (TPSA) is 201 Å². The molecule has 0 aliphatic rings. The van der Waals surface area contributed by atoms with Gasteiger partial charge in [-0.15, -0.1) is 0 Å². The molecule has 0 unspecified atom stereocenters. The first-order chi connectivity index (χ1) is 19.4. The summed E-state index contributed by atoms with van der Waals surface area (Å²) < 4.78 is 12.9. The van der Waals surface area contributed by atoms with Gasteiger partial charge in [-0.2, -0.15) is 5.10 Å². The van der Waals surface area contributed by atoms with E-state index in [1.54, 1.807) is 14.2 Å². The van der Waals surface area contributed by atoms with Crippen LogP contribution in [0.25, 0.3) is 11.3 Å². The first-order valence-corrected chi connectivity index (χ1v) is 12.0. The number of hydrogen-bond acceptors (Lipinski definition) is 9. The highest BCUT2D eigenvalue weighted by Gasteiger charge is 2.14. The van der Waals surface area contributed by atoms with Crippen molar-refractivity contribution in [1.29, 1.82) is 0 Å². The Labute approximate surface area is 236 Å². The Morgan fingerprint density at radius 2 is 1.41 bits per heavy atom. The van der Waals surface area contributed by atoms with E-state index in [1.165, 1.54) is 5.56 Å². The van der Waals surface area contributed by atoms with Gasteiger partial charge in [0.25, 0.3) is 0 Å². The molecule has 41 heavy (non-hydrogen) atoms. The number of carboxylic acids is 4. The van der Waals surface area contributed by atoms with Gasteiger partial charge in [0, 0.05) is 37.0 Å². The summed E-state index contributed by atoms with van der Waals surface area (Å²) in [4.78, 5) is 38.6. The Morgan fingerprint density at radius 1 is 0.854 bits per heavy atom. The Kier molecular flexibility index (Phi) is 14.6. The summed E-state index contributed by atoms with van der Waals surface area (Å²) in [7, 11) is 7.45. The predicted molar refractivity (Wildman–Crippen MR) is 147 cm³/mol. The molecular formula is C27H34N4O10. The molecule has 222 valence electrons. The zero-order chi connectivity index (χ0) is 30.9. The molecule has 0 spiro atoms. The Balaban J connectivity index is 0.000000588. The van der Waals surface area contributed by atoms with Gasteiger partial charge in [-0.05, 0) is 37.9 Å². The maximum atomic E-state index is 9.10. The third-order valence-electron chi connectivity index (χ3n) is 5.10. The van der Waals surface area contributed by atoms with E-state index in [0.717, 1.165) is 43.0 Å². The number of ether oxygens (including phenoxy) is 2. The monoisotopic (exact) mass is 574 g/mol. The molecule has 14 nitrogen and oxygen atoms in total. The van der Waals surface area contributed by atoms with Crippen molar-refractivity contribution in [1.82, 2.24) is 20.0 Å². The molecule has 5 N–H and O–H groups in total. The maximum absolute atomic E-state index is 9.10. The van der Waals surface area contributed by atoms with Crippen molar-refractivity contribution in [2.24, 2.45) is 0 Å². The minimum absolute atomic E-state index is 0.703. The summed E-state index contributed by atoms with van der Waals surface area (Å²) in [5.41, 5.74) is 4.35. The summed E-state index contributed by atoms with van der Waals surface area (Å²) in [5.74, 6) is -5.88. The maximum Gasteiger partial charge on any atom is 0.414 e. The molecule has 0 saturated heterocycles. The predicted octanol–water partition coefficient (Wildman–Crippen LogP) is 1.58. The second-order valence-electron chi connectivity index (χ2n) is 8.46. The van der Waals surface area contributed by atoms with Crippen molar-refractivity contribution < 1.29 is 49.1 Å². The molecular weight excluding hydrogens is 540 g/mol. The lowest BCUT2D eigenvalue weighted by Gasteiger charge is -2.11. The van der Waals surface area contributed by atoms with E-state index in [1.807, 2.05) is 28.9 Å². The molecule has 14 heteroatoms. The number of likely N-dealkylation sites (N-methyl/N-ethyl adjacent to an activating group) is 1. The molecule has 1 aromatic heterocycles. The summed E-state index contributed by atoms with van der Waals surface area (Å²) in [6, 6.07) is 16.3. The smallest absolute Gasteiger partial charge is 0.414 e. The summed E-state index contributed by atoms with van der Waals surface area (Å²) in [6.07, 6.45) is 2.13. The van der Waals surface area contributed by atoms with E-state index in [4.69, 9.17) is 54.2 Å². The van der Waals surface area contributed by atoms with Gasteiger partial charge in [0.2, 0.25) is 0 Å². The van der Waals surface area contributed by atoms with Crippen LogP contribution in [-0.4, -0.2) is 100 Å². The highest BCUT2D eigenvalue weighted by atomic mass is 16.5. The summed E-state index contributed by atoms with van der Waals surface area (Å²) >= 11 is 0. The molecule has 0 aliphatic heterocycles. The summed E-state index contributed by atoms with van der Waals surface area (Å²) in [6.45, 7) is 3.40. The zero-order valence-corrected chi connectivity index (χ0v) is 23.1. The lowest BCUT2D eigenvalue weighted by atomic mass is 10.1. The molecule has 0 saturated carbocycles. The third-order valence-corrected chi connectivity index (χ3v) is 5.10. The molecule has 3 rings (SSSR count). The van der Waals surface area contributed by atoms with Crippen LogP contribution in [0.1, 0.15) is 11.1 Å². The summed E-state index contributed by atoms with van der Waals surface area (Å²) in [5, 5.41) is 38.0. The van der Waals surface area contributed by atoms with Crippen LogP contribution in [0.4, 0.5) is 0 Å². The number of carboxylic acid groups (broad SMARTS) is 4. The van der Waals surface area contributed by atoms with E-state index in [-0.39, 0.29) is 0 Å². The van der Waals surface area contributed by atoms with E-state index in [9.17, 15) is 0 Å². The largest absolute Gasteiger partial charge is 0.493 e. The fraction of sp³-hybridized carbons (Fsp3) is 0.296. The van der Waals surface area contributed by atoms with Crippen LogP contribution in [0.2, 0.25) is 0 Å². The standard InChI is InChI=1S/C23H30N4O2.2C2H2O4/c1-26(2)13-12-24-15-20-17-27(16-18-8-6-5-7-9-18)25-23(20)19-10-11-21(28-3)22(14-19)29-4;2*3-1(4)2(5)6/h5-11,14,17,24H,12-13,15-16H2,1-4H3;2*(H,3,4)(H,5,6). The van der Waals surface area contributed by atoms with Crippen LogP contribution < -0.4 is 14.8 Å². The first kappa shape index (κ1) is 34.1. The van der Waals surface area contributed by atoms with Crippen molar-refractivity contribution in [3.63, 3.8) is 0 Å². The fourth-order valence-electron chi connectivity index (χ4n) is 3.20. The lowest BCUT2D eigenvalue weighted by molar-refractivity contribution is -0.159. The number of rotatable bonds is 10. The number of hydrogen-bond donors (Lipinski definition) is 5. The molecule has 0 bridgehead atoms. The van der Waals surface area contributed by atoms with Gasteiger partial charge in [0.1, 0.15) is 0 Å². The van der Waals surface area contributed by atoms with E-state index < -0.39 is 23.9 Å². The molecule has 0 radical (unpaired) electrons. The van der Waals surface area contributed by atoms with Crippen molar-refractivity contribution in [2.75, 3.05) is 41.4 Å². The van der Waals surface area contributed by atoms with Gasteiger partial charge in [-0.25, -0.2) is 19.2 Å². The van der Waals surface area contributed by atoms with Crippen LogP contribution in [0, 0.1) is 0 Å². The van der Waals surface area contributed by atoms with E-state index in [0.29, 0.717) is 11.5 Å². The number of aromatic nitrogens is 2. The van der Waals surface area contributed by atoms with Crippen molar-refractivity contribution in [2.45, 2.75) is 13.1 Å². The van der Waals surface area contributed by atoms with Crippen LogP contribution >= 0.6 is 0 Å². The Hall–Kier alpha value is -4.95. The average Bonchev–Trinajstić information content (AvgIpc) is 3.33. The minimum Gasteiger partial charge on any atom is -0.493 e. The van der Waals surface area contributed by atoms with Crippen molar-refractivity contribution in [3.8, 4) is 22.8 Å². The van der Waals surface area contributed by atoms with Crippen molar-refractivity contribution >= 4 is 23.9 Å². The van der Waals surface area contributed by atoms with Gasteiger partial charge in [-0.3, -0.25) is 4.68 Å². The lowest BCUT2D eigenvalue weighted by Crippen LogP contribution is -2.26. The average molecular weight is 575 g/mol. The van der Waals surface area contributed by atoms with E-state index in [2.05, 4.69) is 54.8 Å². The first-order valence-electron chi connectivity index (χ1n) is 12.0. The van der Waals surface area contributed by atoms with Crippen LogP contribution in [-0.2, 0) is 32.3 Å². The third kappa shape index (κ3) is 12.6. The van der Waals surface area contributed by atoms with Crippen LogP contribution in [0.3, 0.4) is 0 Å². The minimum atomic E-state index is -1.82. The number of carbonyl (C=O) groups is 4. The van der Waals surface area contributed by atoms with E-state index >= 15 is 0 Å². The normalized spacial score (nSPS) is 9.98. The fourth-order valence-corrected chi connectivity index (χ4v) is 3.20. The second kappa shape index (κ2) is 17.6. The quantitative estimate of drug-likeness (QED) is 0.173. The number of nitrogens with one attached hydrogen (secondary N) is 1. The highest BCUT2D eigenvalue weighted by Crippen LogP contribution is 2.33. The van der Waals surface area contributed by atoms with Crippen LogP contribution in [0.15, 0.2) is 54.7 Å². The number of methoxy groups -OCH3 is 2. The van der Waals surface area contributed by atoms with Gasteiger partial charge in [0.15, 0.2) is 11.5 Å². The van der Waals surface area contributed by atoms with Crippen LogP contribution in [0.5, 0.6) is 11.5 Å². The number of aliphatic carboxylic acids is 4. The number of benzene rings is 2. The molecule has 1 heterocycles. The zero-order valence-electron chi connectivity index (χ0n) is 23.1. The molecule has 0 atom stereocenters. The van der Waals surface area contributed by atoms with Gasteiger partial charge < -0.3 is 40.1 Å². The molecule has 0 fully saturated rings. The SMILES string of the molecule is COc1ccc(-c2nn(Cc3ccccc3)cc2CNCCN(C)C)cc1OC.O=C(O)C(=O)O.O=C(O)C(=O)O. The molecule has 0 aliphatic carbocycles.